The van der Waals surface area contributed by atoms with Gasteiger partial charge in [-0.25, -0.2) is 0 Å². The van der Waals surface area contributed by atoms with Crippen LogP contribution in [0.15, 0.2) is 0 Å². The number of carboxylic acid groups (broad SMARTS) is 3. The van der Waals surface area contributed by atoms with Crippen LogP contribution in [0.4, 0.5) is 0 Å². The van der Waals surface area contributed by atoms with Crippen molar-refractivity contribution in [1.82, 2.24) is 0 Å². The Hall–Kier alpha value is -1.71. The minimum Gasteiger partial charge on any atom is -0.480 e. The van der Waals surface area contributed by atoms with Crippen molar-refractivity contribution in [3.05, 3.63) is 0 Å². The zero-order valence-electron chi connectivity index (χ0n) is 14.2. The second kappa shape index (κ2) is 15.2. The fourth-order valence-electron chi connectivity index (χ4n) is 1.11. The Balaban J connectivity index is -0.000000273. The number of carbonyl (C=O) groups is 3. The molecule has 9 N–H and O–H groups in total. The summed E-state index contributed by atoms with van der Waals surface area (Å²) in [6.45, 7) is 7.37. The molecule has 0 aliphatic rings. The van der Waals surface area contributed by atoms with Gasteiger partial charge < -0.3 is 32.5 Å². The van der Waals surface area contributed by atoms with Gasteiger partial charge in [0.05, 0.1) is 6.54 Å². The van der Waals surface area contributed by atoms with E-state index in [1.54, 1.807) is 0 Å². The molecule has 0 aromatic heterocycles. The van der Waals surface area contributed by atoms with E-state index in [9.17, 15) is 14.4 Å². The molecule has 0 aromatic carbocycles. The third-order valence-corrected chi connectivity index (χ3v) is 2.76. The third kappa shape index (κ3) is 20.3. The molecule has 0 fully saturated rings. The molecule has 9 heteroatoms. The first kappa shape index (κ1) is 26.2. The average molecular weight is 337 g/mol. The largest absolute Gasteiger partial charge is 0.480 e. The van der Waals surface area contributed by atoms with E-state index in [2.05, 4.69) is 5.73 Å². The summed E-state index contributed by atoms with van der Waals surface area (Å²) >= 11 is 0. The molecule has 3 unspecified atom stereocenters. The fourth-order valence-corrected chi connectivity index (χ4v) is 1.11. The van der Waals surface area contributed by atoms with Crippen LogP contribution in [0.5, 0.6) is 0 Å². The topological polar surface area (TPSA) is 190 Å². The summed E-state index contributed by atoms with van der Waals surface area (Å²) < 4.78 is 0. The summed E-state index contributed by atoms with van der Waals surface area (Å²) in [4.78, 5) is 29.5. The fraction of sp³-hybridized carbons (Fsp3) is 0.786. The number of rotatable bonds is 7. The van der Waals surface area contributed by atoms with Crippen LogP contribution in [0, 0.1) is 11.8 Å². The zero-order valence-corrected chi connectivity index (χ0v) is 14.2. The number of hydrogen-bond acceptors (Lipinski definition) is 6. The average Bonchev–Trinajstić information content (AvgIpc) is 2.45. The van der Waals surface area contributed by atoms with Gasteiger partial charge in [-0.1, -0.05) is 34.1 Å². The molecule has 3 atom stereocenters. The lowest BCUT2D eigenvalue weighted by Gasteiger charge is -2.11. The lowest BCUT2D eigenvalue weighted by atomic mass is 10.0. The highest BCUT2D eigenvalue weighted by Crippen LogP contribution is 2.04. The summed E-state index contributed by atoms with van der Waals surface area (Å²) in [5.74, 6) is -2.36. The van der Waals surface area contributed by atoms with Gasteiger partial charge in [-0.15, -0.1) is 0 Å². The number of nitrogens with two attached hydrogens (primary N) is 3. The van der Waals surface area contributed by atoms with Crippen LogP contribution in [-0.4, -0.2) is 51.9 Å². The third-order valence-electron chi connectivity index (χ3n) is 2.76. The summed E-state index contributed by atoms with van der Waals surface area (Å²) in [6.07, 6.45) is 1.36. The van der Waals surface area contributed by atoms with Gasteiger partial charge in [0.1, 0.15) is 12.1 Å². The Bertz CT molecular complexity index is 349. The maximum atomic E-state index is 10.2. The van der Waals surface area contributed by atoms with Crippen molar-refractivity contribution in [3.8, 4) is 0 Å². The van der Waals surface area contributed by atoms with E-state index < -0.39 is 30.0 Å². The van der Waals surface area contributed by atoms with Crippen molar-refractivity contribution in [2.75, 3.05) is 6.54 Å². The maximum absolute atomic E-state index is 10.2. The molecule has 9 nitrogen and oxygen atoms in total. The molecule has 138 valence electrons. The van der Waals surface area contributed by atoms with Gasteiger partial charge in [-0.2, -0.15) is 0 Å². The highest BCUT2D eigenvalue weighted by Gasteiger charge is 2.17. The van der Waals surface area contributed by atoms with Crippen molar-refractivity contribution in [2.24, 2.45) is 29.0 Å². The Morgan fingerprint density at radius 3 is 1.43 bits per heavy atom. The standard InChI is InChI=1S/2C6H13NO2.C2H5NO2/c1-4(2)3-5(7)6(8)9;1-3-4(2)5(7)6(8)9;3-1-2(4)5/h2*4-5H,3,7H2,1-2H3,(H,8,9);1,3H2,(H,4,5). The van der Waals surface area contributed by atoms with Crippen LogP contribution in [0.1, 0.15) is 40.5 Å². The van der Waals surface area contributed by atoms with E-state index in [0.29, 0.717) is 12.3 Å². The molecule has 23 heavy (non-hydrogen) atoms. The summed E-state index contributed by atoms with van der Waals surface area (Å²) in [6, 6.07) is -1.39. The molecule has 0 aromatic rings. The molecule has 0 heterocycles. The van der Waals surface area contributed by atoms with Gasteiger partial charge in [0, 0.05) is 0 Å². The Morgan fingerprint density at radius 2 is 1.35 bits per heavy atom. The first-order valence-electron chi connectivity index (χ1n) is 7.29. The molecule has 0 spiro atoms. The van der Waals surface area contributed by atoms with Gasteiger partial charge in [0.2, 0.25) is 0 Å². The molecular formula is C14H31N3O6. The molecule has 0 amide bonds. The first-order chi connectivity index (χ1) is 10.4. The van der Waals surface area contributed by atoms with Gasteiger partial charge in [0.15, 0.2) is 0 Å². The molecule has 0 rings (SSSR count). The second-order valence-electron chi connectivity index (χ2n) is 5.42. The van der Waals surface area contributed by atoms with Crippen LogP contribution in [0.2, 0.25) is 0 Å². The van der Waals surface area contributed by atoms with E-state index in [4.69, 9.17) is 26.8 Å². The van der Waals surface area contributed by atoms with Crippen LogP contribution < -0.4 is 17.2 Å². The Kier molecular flexibility index (Phi) is 17.3. The smallest absolute Gasteiger partial charge is 0.320 e. The van der Waals surface area contributed by atoms with E-state index in [0.717, 1.165) is 6.42 Å². The van der Waals surface area contributed by atoms with Crippen molar-refractivity contribution in [3.63, 3.8) is 0 Å². The van der Waals surface area contributed by atoms with Crippen LogP contribution in [0.3, 0.4) is 0 Å². The number of carboxylic acids is 3. The zero-order chi connectivity index (χ0) is 19.2. The molecule has 0 radical (unpaired) electrons. The summed E-state index contributed by atoms with van der Waals surface area (Å²) in [5.41, 5.74) is 15.1. The maximum Gasteiger partial charge on any atom is 0.320 e. The minimum absolute atomic E-state index is 0.0718. The molecule has 0 saturated heterocycles. The second-order valence-corrected chi connectivity index (χ2v) is 5.42. The van der Waals surface area contributed by atoms with E-state index >= 15 is 0 Å². The molecule has 0 bridgehead atoms. The Morgan fingerprint density at radius 1 is 0.957 bits per heavy atom. The summed E-state index contributed by atoms with van der Waals surface area (Å²) in [5, 5.41) is 24.3. The monoisotopic (exact) mass is 337 g/mol. The minimum atomic E-state index is -0.968. The van der Waals surface area contributed by atoms with Gasteiger partial charge in [-0.05, 0) is 18.3 Å². The number of aliphatic carboxylic acids is 3. The van der Waals surface area contributed by atoms with E-state index in [-0.39, 0.29) is 12.5 Å². The van der Waals surface area contributed by atoms with Crippen LogP contribution >= 0.6 is 0 Å². The van der Waals surface area contributed by atoms with Crippen molar-refractivity contribution < 1.29 is 29.7 Å². The predicted molar refractivity (Wildman–Crippen MR) is 86.8 cm³/mol. The molecular weight excluding hydrogens is 306 g/mol. The molecule has 0 aliphatic heterocycles. The van der Waals surface area contributed by atoms with Crippen molar-refractivity contribution >= 4 is 17.9 Å². The number of hydrogen-bond donors (Lipinski definition) is 6. The molecule has 0 aliphatic carbocycles. The highest BCUT2D eigenvalue weighted by atomic mass is 16.4. The van der Waals surface area contributed by atoms with E-state index in [1.807, 2.05) is 27.7 Å². The molecule has 0 saturated carbocycles. The Labute approximate surface area is 136 Å². The quantitative estimate of drug-likeness (QED) is 0.368. The highest BCUT2D eigenvalue weighted by molar-refractivity contribution is 5.73. The predicted octanol–water partition coefficient (Wildman–Crippen LogP) is -0.0815. The first-order valence-corrected chi connectivity index (χ1v) is 7.29. The van der Waals surface area contributed by atoms with Gasteiger partial charge >= 0.3 is 17.9 Å². The van der Waals surface area contributed by atoms with Gasteiger partial charge in [0.25, 0.3) is 0 Å². The normalized spacial score (nSPS) is 13.6. The summed E-state index contributed by atoms with van der Waals surface area (Å²) in [7, 11) is 0. The van der Waals surface area contributed by atoms with Crippen LogP contribution in [-0.2, 0) is 14.4 Å². The van der Waals surface area contributed by atoms with Gasteiger partial charge in [-0.3, -0.25) is 14.4 Å². The lowest BCUT2D eigenvalue weighted by Crippen LogP contribution is -2.36. The van der Waals surface area contributed by atoms with Crippen molar-refractivity contribution in [1.29, 1.82) is 0 Å². The lowest BCUT2D eigenvalue weighted by molar-refractivity contribution is -0.140. The van der Waals surface area contributed by atoms with E-state index in [1.165, 1.54) is 0 Å². The SMILES string of the molecule is CC(C)CC(N)C(=O)O.CCC(C)C(N)C(=O)O.NCC(=O)O. The van der Waals surface area contributed by atoms with Crippen molar-refractivity contribution in [2.45, 2.75) is 52.6 Å². The van der Waals surface area contributed by atoms with Crippen LogP contribution in [0.25, 0.3) is 0 Å².